The third-order valence-corrected chi connectivity index (χ3v) is 5.97. The van der Waals surface area contributed by atoms with E-state index in [1.165, 1.54) is 33.3 Å². The Morgan fingerprint density at radius 1 is 1.13 bits per heavy atom. The zero-order chi connectivity index (χ0) is 16.6. The number of carbonyl (C=O) groups is 3. The monoisotopic (exact) mass is 324 g/mol. The van der Waals surface area contributed by atoms with E-state index < -0.39 is 24.1 Å². The summed E-state index contributed by atoms with van der Waals surface area (Å²) in [6.07, 6.45) is 5.98. The second-order valence-electron chi connectivity index (χ2n) is 7.25. The number of carbonyl (C=O) groups excluding carboxylic acids is 3. The Bertz CT molecular complexity index is 485. The molecule has 3 saturated carbocycles. The molecule has 0 heterocycles. The van der Waals surface area contributed by atoms with Gasteiger partial charge in [0.1, 0.15) is 12.7 Å². The number of hydrogen-bond acceptors (Lipinski definition) is 6. The normalized spacial score (nSPS) is 37.0. The van der Waals surface area contributed by atoms with Gasteiger partial charge in [0, 0.05) is 0 Å². The maximum Gasteiger partial charge on any atom is 0.345 e. The van der Waals surface area contributed by atoms with Crippen LogP contribution < -0.4 is 0 Å². The zero-order valence-electron chi connectivity index (χ0n) is 13.7. The molecule has 3 fully saturated rings. The van der Waals surface area contributed by atoms with Gasteiger partial charge in [-0.2, -0.15) is 0 Å². The summed E-state index contributed by atoms with van der Waals surface area (Å²) in [5, 5.41) is 0. The topological polar surface area (TPSA) is 78.9 Å². The van der Waals surface area contributed by atoms with Crippen molar-refractivity contribution in [2.75, 3.05) is 13.7 Å². The van der Waals surface area contributed by atoms with E-state index in [0.29, 0.717) is 18.1 Å². The first-order valence-electron chi connectivity index (χ1n) is 8.35. The molecular formula is C17H24O6. The number of fused-ring (bicyclic) bond motifs is 5. The minimum absolute atomic E-state index is 0.137. The van der Waals surface area contributed by atoms with Gasteiger partial charge in [0.05, 0.1) is 7.11 Å². The van der Waals surface area contributed by atoms with Crippen LogP contribution in [0, 0.1) is 23.7 Å². The van der Waals surface area contributed by atoms with Crippen molar-refractivity contribution in [2.45, 2.75) is 50.7 Å². The van der Waals surface area contributed by atoms with Crippen molar-refractivity contribution in [3.63, 3.8) is 0 Å². The van der Waals surface area contributed by atoms with Crippen molar-refractivity contribution in [1.82, 2.24) is 0 Å². The molecular weight excluding hydrogens is 300 g/mol. The minimum Gasteiger partial charge on any atom is -0.467 e. The minimum atomic E-state index is -1.76. The first-order valence-corrected chi connectivity index (χ1v) is 8.35. The van der Waals surface area contributed by atoms with E-state index in [9.17, 15) is 14.4 Å². The maximum atomic E-state index is 12.3. The SMILES string of the molecule is COC(=O)COC(C)(C=O)C(=O)OC1CC2C3CCC(C3)C2C1. The first-order chi connectivity index (χ1) is 11.0. The predicted octanol–water partition coefficient (Wildman–Crippen LogP) is 1.50. The molecule has 6 heteroatoms. The van der Waals surface area contributed by atoms with Crippen LogP contribution in [0.4, 0.5) is 0 Å². The van der Waals surface area contributed by atoms with E-state index in [-0.39, 0.29) is 6.10 Å². The predicted molar refractivity (Wildman–Crippen MR) is 79.4 cm³/mol. The van der Waals surface area contributed by atoms with Gasteiger partial charge in [-0.1, -0.05) is 0 Å². The number of methoxy groups -OCH3 is 1. The van der Waals surface area contributed by atoms with Gasteiger partial charge in [-0.05, 0) is 62.7 Å². The number of hydrogen-bond donors (Lipinski definition) is 0. The van der Waals surface area contributed by atoms with Gasteiger partial charge >= 0.3 is 11.9 Å². The lowest BCUT2D eigenvalue weighted by Crippen LogP contribution is -2.44. The Balaban J connectivity index is 1.55. The molecule has 0 spiro atoms. The third-order valence-electron chi connectivity index (χ3n) is 5.97. The van der Waals surface area contributed by atoms with Gasteiger partial charge in [0.15, 0.2) is 6.29 Å². The molecule has 23 heavy (non-hydrogen) atoms. The number of esters is 2. The van der Waals surface area contributed by atoms with Gasteiger partial charge in [-0.15, -0.1) is 0 Å². The summed E-state index contributed by atoms with van der Waals surface area (Å²) in [6.45, 7) is 0.867. The van der Waals surface area contributed by atoms with Crippen LogP contribution in [-0.4, -0.2) is 43.6 Å². The van der Waals surface area contributed by atoms with E-state index in [4.69, 9.17) is 9.47 Å². The summed E-state index contributed by atoms with van der Waals surface area (Å²) < 4.78 is 15.1. The fourth-order valence-electron chi connectivity index (χ4n) is 4.74. The van der Waals surface area contributed by atoms with E-state index in [1.807, 2.05) is 0 Å². The van der Waals surface area contributed by atoms with Gasteiger partial charge in [-0.3, -0.25) is 4.79 Å². The number of ether oxygens (including phenoxy) is 3. The number of rotatable bonds is 6. The van der Waals surface area contributed by atoms with Crippen LogP contribution in [0.3, 0.4) is 0 Å². The third kappa shape index (κ3) is 3.01. The summed E-state index contributed by atoms with van der Waals surface area (Å²) in [5.41, 5.74) is -1.76. The van der Waals surface area contributed by atoms with Crippen molar-refractivity contribution in [1.29, 1.82) is 0 Å². The molecule has 0 aromatic carbocycles. The molecule has 5 unspecified atom stereocenters. The van der Waals surface area contributed by atoms with Crippen LogP contribution in [0.2, 0.25) is 0 Å². The van der Waals surface area contributed by atoms with Crippen LogP contribution in [0.25, 0.3) is 0 Å². The average Bonchev–Trinajstić information content (AvgIpc) is 3.24. The Kier molecular flexibility index (Phi) is 4.45. The lowest BCUT2D eigenvalue weighted by molar-refractivity contribution is -0.179. The summed E-state index contributed by atoms with van der Waals surface area (Å²) in [4.78, 5) is 34.7. The van der Waals surface area contributed by atoms with Crippen molar-refractivity contribution in [3.8, 4) is 0 Å². The highest BCUT2D eigenvalue weighted by atomic mass is 16.6. The van der Waals surface area contributed by atoms with Gasteiger partial charge in [0.2, 0.25) is 5.60 Å². The van der Waals surface area contributed by atoms with Crippen LogP contribution >= 0.6 is 0 Å². The van der Waals surface area contributed by atoms with Gasteiger partial charge in [0.25, 0.3) is 0 Å². The first kappa shape index (κ1) is 16.4. The molecule has 0 aliphatic heterocycles. The lowest BCUT2D eigenvalue weighted by Gasteiger charge is -2.24. The van der Waals surface area contributed by atoms with Gasteiger partial charge < -0.3 is 14.2 Å². The van der Waals surface area contributed by atoms with Gasteiger partial charge in [-0.25, -0.2) is 9.59 Å². The Labute approximate surface area is 135 Å². The second kappa shape index (κ2) is 6.23. The van der Waals surface area contributed by atoms with E-state index in [0.717, 1.165) is 24.7 Å². The quantitative estimate of drug-likeness (QED) is 0.418. The molecule has 3 rings (SSSR count). The standard InChI is InChI=1S/C17H24O6/c1-17(9-18,22-8-15(19)21-2)16(20)23-12-6-13-10-3-4-11(5-10)14(13)7-12/h9-14H,3-8H2,1-2H3. The summed E-state index contributed by atoms with van der Waals surface area (Å²) in [6, 6.07) is 0. The lowest BCUT2D eigenvalue weighted by atomic mass is 9.82. The van der Waals surface area contributed by atoms with Crippen molar-refractivity contribution in [2.24, 2.45) is 23.7 Å². The Morgan fingerprint density at radius 3 is 2.26 bits per heavy atom. The van der Waals surface area contributed by atoms with Crippen LogP contribution in [0.15, 0.2) is 0 Å². The zero-order valence-corrected chi connectivity index (χ0v) is 13.7. The highest BCUT2D eigenvalue weighted by Gasteiger charge is 2.53. The molecule has 3 aliphatic rings. The molecule has 0 amide bonds. The second-order valence-corrected chi connectivity index (χ2v) is 7.25. The Hall–Kier alpha value is -1.43. The smallest absolute Gasteiger partial charge is 0.345 e. The van der Waals surface area contributed by atoms with Crippen molar-refractivity contribution >= 4 is 18.2 Å². The molecule has 5 atom stereocenters. The molecule has 6 nitrogen and oxygen atoms in total. The van der Waals surface area contributed by atoms with E-state index in [2.05, 4.69) is 4.74 Å². The summed E-state index contributed by atoms with van der Waals surface area (Å²) in [7, 11) is 1.22. The Morgan fingerprint density at radius 2 is 1.74 bits per heavy atom. The maximum absolute atomic E-state index is 12.3. The van der Waals surface area contributed by atoms with Crippen LogP contribution in [0.5, 0.6) is 0 Å². The van der Waals surface area contributed by atoms with E-state index >= 15 is 0 Å². The molecule has 0 aromatic heterocycles. The average molecular weight is 324 g/mol. The largest absolute Gasteiger partial charge is 0.467 e. The molecule has 0 radical (unpaired) electrons. The fourth-order valence-corrected chi connectivity index (χ4v) is 4.74. The van der Waals surface area contributed by atoms with Crippen LogP contribution in [0.1, 0.15) is 39.0 Å². The molecule has 2 bridgehead atoms. The molecule has 0 saturated heterocycles. The van der Waals surface area contributed by atoms with Crippen molar-refractivity contribution < 1.29 is 28.6 Å². The van der Waals surface area contributed by atoms with Crippen LogP contribution in [-0.2, 0) is 28.6 Å². The molecule has 0 N–H and O–H groups in total. The molecule has 0 aromatic rings. The highest BCUT2D eigenvalue weighted by molar-refractivity contribution is 5.96. The number of aldehydes is 1. The van der Waals surface area contributed by atoms with E-state index in [1.54, 1.807) is 0 Å². The summed E-state index contributed by atoms with van der Waals surface area (Å²) in [5.74, 6) is 1.57. The fraction of sp³-hybridized carbons (Fsp3) is 0.824. The molecule has 3 aliphatic carbocycles. The highest BCUT2D eigenvalue weighted by Crippen LogP contribution is 2.59. The summed E-state index contributed by atoms with van der Waals surface area (Å²) >= 11 is 0. The van der Waals surface area contributed by atoms with Crippen molar-refractivity contribution in [3.05, 3.63) is 0 Å². The molecule has 128 valence electrons.